The molecule has 0 aliphatic rings. The highest BCUT2D eigenvalue weighted by molar-refractivity contribution is 5.96. The number of benzene rings is 3. The van der Waals surface area contributed by atoms with E-state index < -0.39 is 10.8 Å². The summed E-state index contributed by atoms with van der Waals surface area (Å²) in [5.41, 5.74) is 6.56. The Morgan fingerprint density at radius 1 is 0.828 bits per heavy atom. The van der Waals surface area contributed by atoms with Gasteiger partial charge in [-0.15, -0.1) is 0 Å². The first-order valence-corrected chi connectivity index (χ1v) is 8.98. The summed E-state index contributed by atoms with van der Waals surface area (Å²) < 4.78 is 0. The van der Waals surface area contributed by atoms with E-state index in [-0.39, 0.29) is 29.5 Å². The highest BCUT2D eigenvalue weighted by Crippen LogP contribution is 2.27. The van der Waals surface area contributed by atoms with Crippen molar-refractivity contribution in [3.63, 3.8) is 0 Å². The standard InChI is InChI=1S/C22H19N3O4/c26-21(23-24-22(27)18-12-7-13-19(14-18)25(28)29)15-20(16-8-3-1-4-9-16)17-10-5-2-6-11-17/h1-14,20H,15H2,(H,23,26)(H,24,27). The van der Waals surface area contributed by atoms with Crippen molar-refractivity contribution in [3.8, 4) is 0 Å². The molecule has 3 aromatic carbocycles. The number of nitro groups is 1. The van der Waals surface area contributed by atoms with Crippen molar-refractivity contribution in [2.45, 2.75) is 12.3 Å². The SMILES string of the molecule is O=C(CC(c1ccccc1)c1ccccc1)NNC(=O)c1cccc([N+](=O)[O-])c1. The lowest BCUT2D eigenvalue weighted by Crippen LogP contribution is -2.42. The molecular formula is C22H19N3O4. The van der Waals surface area contributed by atoms with Crippen molar-refractivity contribution < 1.29 is 14.5 Å². The minimum absolute atomic E-state index is 0.0853. The van der Waals surface area contributed by atoms with Crippen LogP contribution in [0.1, 0.15) is 33.8 Å². The number of nitro benzene ring substituents is 1. The molecule has 0 radical (unpaired) electrons. The van der Waals surface area contributed by atoms with E-state index in [0.717, 1.165) is 17.2 Å². The fourth-order valence-electron chi connectivity index (χ4n) is 2.99. The summed E-state index contributed by atoms with van der Waals surface area (Å²) in [6, 6.07) is 24.5. The van der Waals surface area contributed by atoms with Crippen molar-refractivity contribution in [2.75, 3.05) is 0 Å². The van der Waals surface area contributed by atoms with E-state index in [1.807, 2.05) is 60.7 Å². The Morgan fingerprint density at radius 2 is 1.41 bits per heavy atom. The molecule has 146 valence electrons. The van der Waals surface area contributed by atoms with E-state index in [4.69, 9.17) is 0 Å². The number of hydrogen-bond donors (Lipinski definition) is 2. The molecule has 0 aliphatic heterocycles. The number of rotatable bonds is 6. The van der Waals surface area contributed by atoms with Gasteiger partial charge < -0.3 is 0 Å². The van der Waals surface area contributed by atoms with Crippen molar-refractivity contribution >= 4 is 17.5 Å². The summed E-state index contributed by atoms with van der Waals surface area (Å²) in [5.74, 6) is -1.17. The number of nitrogens with zero attached hydrogens (tertiary/aromatic N) is 1. The van der Waals surface area contributed by atoms with Crippen LogP contribution in [0.2, 0.25) is 0 Å². The predicted octanol–water partition coefficient (Wildman–Crippen LogP) is 3.58. The monoisotopic (exact) mass is 389 g/mol. The Morgan fingerprint density at radius 3 is 1.97 bits per heavy atom. The Hall–Kier alpha value is -4.00. The lowest BCUT2D eigenvalue weighted by atomic mass is 9.88. The maximum absolute atomic E-state index is 12.5. The molecule has 29 heavy (non-hydrogen) atoms. The average molecular weight is 389 g/mol. The molecule has 3 aromatic rings. The van der Waals surface area contributed by atoms with Crippen LogP contribution in [0.3, 0.4) is 0 Å². The molecule has 0 fully saturated rings. The van der Waals surface area contributed by atoms with Gasteiger partial charge in [-0.2, -0.15) is 0 Å². The van der Waals surface area contributed by atoms with E-state index in [1.54, 1.807) is 0 Å². The zero-order chi connectivity index (χ0) is 20.6. The van der Waals surface area contributed by atoms with Gasteiger partial charge >= 0.3 is 0 Å². The summed E-state index contributed by atoms with van der Waals surface area (Å²) >= 11 is 0. The van der Waals surface area contributed by atoms with Crippen molar-refractivity contribution in [1.29, 1.82) is 0 Å². The van der Waals surface area contributed by atoms with Crippen LogP contribution in [0.15, 0.2) is 84.9 Å². The second-order valence-electron chi connectivity index (χ2n) is 6.39. The summed E-state index contributed by atoms with van der Waals surface area (Å²) in [7, 11) is 0. The molecule has 0 atom stereocenters. The average Bonchev–Trinajstić information content (AvgIpc) is 2.77. The number of carbonyl (C=O) groups excluding carboxylic acids is 2. The molecule has 0 bridgehead atoms. The molecule has 7 heteroatoms. The largest absolute Gasteiger partial charge is 0.273 e. The van der Waals surface area contributed by atoms with Gasteiger partial charge in [-0.1, -0.05) is 66.7 Å². The molecule has 2 N–H and O–H groups in total. The van der Waals surface area contributed by atoms with Crippen LogP contribution < -0.4 is 10.9 Å². The fraction of sp³-hybridized carbons (Fsp3) is 0.0909. The summed E-state index contributed by atoms with van der Waals surface area (Å²) in [6.45, 7) is 0. The van der Waals surface area contributed by atoms with Crippen LogP contribution in [-0.2, 0) is 4.79 Å². The molecule has 0 aliphatic carbocycles. The van der Waals surface area contributed by atoms with Crippen LogP contribution in [0.5, 0.6) is 0 Å². The van der Waals surface area contributed by atoms with E-state index in [2.05, 4.69) is 10.9 Å². The third-order valence-electron chi connectivity index (χ3n) is 4.43. The number of hydrazine groups is 1. The molecule has 0 aromatic heterocycles. The van der Waals surface area contributed by atoms with Crippen LogP contribution in [0, 0.1) is 10.1 Å². The molecular weight excluding hydrogens is 370 g/mol. The van der Waals surface area contributed by atoms with E-state index in [1.165, 1.54) is 18.2 Å². The lowest BCUT2D eigenvalue weighted by molar-refractivity contribution is -0.384. The van der Waals surface area contributed by atoms with Gasteiger partial charge in [0.1, 0.15) is 0 Å². The van der Waals surface area contributed by atoms with Gasteiger partial charge in [0.05, 0.1) is 4.92 Å². The van der Waals surface area contributed by atoms with E-state index in [0.29, 0.717) is 0 Å². The number of non-ortho nitro benzene ring substituents is 1. The van der Waals surface area contributed by atoms with E-state index >= 15 is 0 Å². The van der Waals surface area contributed by atoms with Gasteiger partial charge in [0.25, 0.3) is 11.6 Å². The first-order chi connectivity index (χ1) is 14.0. The number of nitrogens with one attached hydrogen (secondary N) is 2. The second-order valence-corrected chi connectivity index (χ2v) is 6.39. The minimum atomic E-state index is -0.627. The Labute approximate surface area is 167 Å². The quantitative estimate of drug-likeness (QED) is 0.497. The van der Waals surface area contributed by atoms with Crippen LogP contribution in [0.25, 0.3) is 0 Å². The van der Waals surface area contributed by atoms with Gasteiger partial charge in [-0.05, 0) is 17.2 Å². The Bertz CT molecular complexity index is 967. The summed E-state index contributed by atoms with van der Waals surface area (Å²) in [4.78, 5) is 34.9. The summed E-state index contributed by atoms with van der Waals surface area (Å²) in [5, 5.41) is 10.8. The molecule has 0 spiro atoms. The maximum atomic E-state index is 12.5. The van der Waals surface area contributed by atoms with Gasteiger partial charge in [0.2, 0.25) is 5.91 Å². The number of carbonyl (C=O) groups is 2. The fourth-order valence-corrected chi connectivity index (χ4v) is 2.99. The van der Waals surface area contributed by atoms with E-state index in [9.17, 15) is 19.7 Å². The van der Waals surface area contributed by atoms with Crippen molar-refractivity contribution in [2.24, 2.45) is 0 Å². The molecule has 0 saturated carbocycles. The van der Waals surface area contributed by atoms with Crippen LogP contribution >= 0.6 is 0 Å². The molecule has 0 saturated heterocycles. The highest BCUT2D eigenvalue weighted by atomic mass is 16.6. The molecule has 2 amide bonds. The lowest BCUT2D eigenvalue weighted by Gasteiger charge is -2.18. The summed E-state index contributed by atoms with van der Waals surface area (Å²) in [6.07, 6.45) is 0.128. The van der Waals surface area contributed by atoms with Crippen molar-refractivity contribution in [1.82, 2.24) is 10.9 Å². The van der Waals surface area contributed by atoms with Gasteiger partial charge in [0, 0.05) is 30.0 Å². The first-order valence-electron chi connectivity index (χ1n) is 8.98. The normalized spacial score (nSPS) is 10.4. The molecule has 0 heterocycles. The van der Waals surface area contributed by atoms with Crippen LogP contribution in [0.4, 0.5) is 5.69 Å². The minimum Gasteiger partial charge on any atom is -0.273 e. The Kier molecular flexibility index (Phi) is 6.32. The maximum Gasteiger partial charge on any atom is 0.270 e. The first kappa shape index (κ1) is 19.8. The predicted molar refractivity (Wildman–Crippen MR) is 108 cm³/mol. The molecule has 0 unspecified atom stereocenters. The van der Waals surface area contributed by atoms with Crippen LogP contribution in [-0.4, -0.2) is 16.7 Å². The highest BCUT2D eigenvalue weighted by Gasteiger charge is 2.19. The zero-order valence-electron chi connectivity index (χ0n) is 15.4. The molecule has 3 rings (SSSR count). The Balaban J connectivity index is 1.67. The number of hydrogen-bond acceptors (Lipinski definition) is 4. The smallest absolute Gasteiger partial charge is 0.270 e. The third-order valence-corrected chi connectivity index (χ3v) is 4.43. The topological polar surface area (TPSA) is 101 Å². The van der Waals surface area contributed by atoms with Gasteiger partial charge in [-0.25, -0.2) is 0 Å². The van der Waals surface area contributed by atoms with Gasteiger partial charge in [0.15, 0.2) is 0 Å². The van der Waals surface area contributed by atoms with Crippen molar-refractivity contribution in [3.05, 3.63) is 112 Å². The molecule has 7 nitrogen and oxygen atoms in total. The zero-order valence-corrected chi connectivity index (χ0v) is 15.4. The number of amides is 2. The second kappa shape index (κ2) is 9.27. The third kappa shape index (κ3) is 5.26. The van der Waals surface area contributed by atoms with Gasteiger partial charge in [-0.3, -0.25) is 30.6 Å².